The molecular formula is C16H6N2S6. The second kappa shape index (κ2) is 7.58. The highest BCUT2D eigenvalue weighted by Crippen LogP contribution is 2.31. The monoisotopic (exact) mass is 418 g/mol. The molecule has 4 rings (SSSR count). The van der Waals surface area contributed by atoms with Crippen LogP contribution in [0.1, 0.15) is 11.1 Å². The molecule has 0 radical (unpaired) electrons. The molecule has 8 heteroatoms. The summed E-state index contributed by atoms with van der Waals surface area (Å²) in [6, 6.07) is 15.7. The van der Waals surface area contributed by atoms with Crippen molar-refractivity contribution in [3.05, 3.63) is 53.8 Å². The SMILES string of the molecule is N#Cc1cccc2sc(=S)sc12.N#Cc1cccc2sc(=S)sc12. The molecule has 0 aliphatic heterocycles. The molecule has 0 fully saturated rings. The Bertz CT molecular complexity index is 1130. The van der Waals surface area contributed by atoms with Crippen molar-refractivity contribution in [3.63, 3.8) is 0 Å². The van der Waals surface area contributed by atoms with Crippen molar-refractivity contribution in [3.8, 4) is 12.1 Å². The van der Waals surface area contributed by atoms with Crippen LogP contribution in [-0.4, -0.2) is 0 Å². The lowest BCUT2D eigenvalue weighted by molar-refractivity contribution is 1.51. The molecule has 0 unspecified atom stereocenters. The van der Waals surface area contributed by atoms with Gasteiger partial charge in [-0.3, -0.25) is 0 Å². The molecule has 2 nitrogen and oxygen atoms in total. The minimum atomic E-state index is 0.727. The van der Waals surface area contributed by atoms with Crippen LogP contribution < -0.4 is 0 Å². The number of nitrogens with zero attached hydrogens (tertiary/aromatic N) is 2. The molecule has 2 aromatic heterocycles. The van der Waals surface area contributed by atoms with E-state index in [1.165, 1.54) is 22.7 Å². The number of fused-ring (bicyclic) bond motifs is 2. The van der Waals surface area contributed by atoms with Crippen molar-refractivity contribution >= 4 is 88.6 Å². The van der Waals surface area contributed by atoms with Crippen LogP contribution in [0.2, 0.25) is 0 Å². The second-order valence-electron chi connectivity index (χ2n) is 4.40. The number of rotatable bonds is 0. The molecule has 0 aliphatic rings. The van der Waals surface area contributed by atoms with Crippen LogP contribution in [0.25, 0.3) is 18.8 Å². The van der Waals surface area contributed by atoms with E-state index < -0.39 is 0 Å². The lowest BCUT2D eigenvalue weighted by atomic mass is 10.2. The van der Waals surface area contributed by atoms with Gasteiger partial charge in [-0.05, 0) is 24.3 Å². The van der Waals surface area contributed by atoms with E-state index in [4.69, 9.17) is 35.0 Å². The first-order valence-electron chi connectivity index (χ1n) is 6.48. The number of hydrogen-bond donors (Lipinski definition) is 0. The van der Waals surface area contributed by atoms with Crippen molar-refractivity contribution in [2.45, 2.75) is 0 Å². The summed E-state index contributed by atoms with van der Waals surface area (Å²) in [5.41, 5.74) is 1.45. The molecule has 116 valence electrons. The van der Waals surface area contributed by atoms with Gasteiger partial charge in [-0.15, -0.1) is 45.3 Å². The van der Waals surface area contributed by atoms with Gasteiger partial charge in [0.2, 0.25) is 0 Å². The van der Waals surface area contributed by atoms with Crippen molar-refractivity contribution in [2.24, 2.45) is 0 Å². The quantitative estimate of drug-likeness (QED) is 0.285. The Morgan fingerprint density at radius 3 is 1.46 bits per heavy atom. The van der Waals surface area contributed by atoms with Gasteiger partial charge in [0.05, 0.1) is 20.5 Å². The van der Waals surface area contributed by atoms with Gasteiger partial charge in [-0.1, -0.05) is 36.6 Å². The summed E-state index contributed by atoms with van der Waals surface area (Å²) in [6.45, 7) is 0. The van der Waals surface area contributed by atoms with Crippen LogP contribution in [0.5, 0.6) is 0 Å². The van der Waals surface area contributed by atoms with E-state index in [9.17, 15) is 0 Å². The Morgan fingerprint density at radius 2 is 1.08 bits per heavy atom. The molecule has 2 aromatic carbocycles. The summed E-state index contributed by atoms with van der Waals surface area (Å²) in [7, 11) is 0. The first-order valence-corrected chi connectivity index (χ1v) is 10.6. The van der Waals surface area contributed by atoms with Crippen LogP contribution >= 0.6 is 69.8 Å². The molecule has 0 aliphatic carbocycles. The Hall–Kier alpha value is -1.52. The highest BCUT2D eigenvalue weighted by Gasteiger charge is 2.02. The van der Waals surface area contributed by atoms with Gasteiger partial charge in [0.1, 0.15) is 18.4 Å². The highest BCUT2D eigenvalue weighted by molar-refractivity contribution is 7.77. The van der Waals surface area contributed by atoms with Crippen LogP contribution in [0.4, 0.5) is 0 Å². The number of hydrogen-bond acceptors (Lipinski definition) is 8. The molecule has 0 saturated heterocycles. The van der Waals surface area contributed by atoms with Gasteiger partial charge >= 0.3 is 0 Å². The lowest BCUT2D eigenvalue weighted by Crippen LogP contribution is -1.70. The maximum atomic E-state index is 8.77. The fraction of sp³-hybridized carbons (Fsp3) is 0. The molecule has 0 amide bonds. The molecule has 0 saturated carbocycles. The summed E-state index contributed by atoms with van der Waals surface area (Å²) in [6.07, 6.45) is 0. The van der Waals surface area contributed by atoms with Gasteiger partial charge < -0.3 is 0 Å². The zero-order valence-electron chi connectivity index (χ0n) is 11.8. The van der Waals surface area contributed by atoms with Gasteiger partial charge in [0.25, 0.3) is 0 Å². The van der Waals surface area contributed by atoms with E-state index >= 15 is 0 Å². The van der Waals surface area contributed by atoms with Crippen LogP contribution in [0.15, 0.2) is 36.4 Å². The smallest absolute Gasteiger partial charge is 0.144 e. The molecule has 0 spiro atoms. The first-order chi connectivity index (χ1) is 11.6. The predicted octanol–water partition coefficient (Wildman–Crippen LogP) is 7.13. The topological polar surface area (TPSA) is 47.6 Å². The largest absolute Gasteiger partial charge is 0.192 e. The van der Waals surface area contributed by atoms with E-state index in [1.54, 1.807) is 22.7 Å². The minimum Gasteiger partial charge on any atom is -0.192 e. The third kappa shape index (κ3) is 3.60. The third-order valence-corrected chi connectivity index (χ3v) is 8.29. The Balaban J connectivity index is 0.000000141. The Morgan fingerprint density at radius 1 is 0.667 bits per heavy atom. The van der Waals surface area contributed by atoms with Crippen LogP contribution in [-0.2, 0) is 0 Å². The maximum absolute atomic E-state index is 8.77. The van der Waals surface area contributed by atoms with Crippen molar-refractivity contribution in [2.75, 3.05) is 0 Å². The van der Waals surface area contributed by atoms with Crippen molar-refractivity contribution < 1.29 is 0 Å². The zero-order chi connectivity index (χ0) is 17.1. The number of benzene rings is 2. The van der Waals surface area contributed by atoms with E-state index in [-0.39, 0.29) is 0 Å². The normalized spacial score (nSPS) is 9.92. The van der Waals surface area contributed by atoms with Crippen LogP contribution in [0.3, 0.4) is 0 Å². The average Bonchev–Trinajstić information content (AvgIpc) is 3.15. The zero-order valence-corrected chi connectivity index (χ0v) is 16.7. The van der Waals surface area contributed by atoms with Crippen molar-refractivity contribution in [1.82, 2.24) is 0 Å². The van der Waals surface area contributed by atoms with Gasteiger partial charge in [-0.25, -0.2) is 0 Å². The molecule has 0 bridgehead atoms. The Kier molecular flexibility index (Phi) is 5.47. The molecule has 4 aromatic rings. The molecule has 0 N–H and O–H groups in total. The summed E-state index contributed by atoms with van der Waals surface area (Å²) < 4.78 is 6.04. The molecule has 2 heterocycles. The summed E-state index contributed by atoms with van der Waals surface area (Å²) >= 11 is 16.3. The predicted molar refractivity (Wildman–Crippen MR) is 111 cm³/mol. The fourth-order valence-electron chi connectivity index (χ4n) is 1.97. The summed E-state index contributed by atoms with van der Waals surface area (Å²) in [4.78, 5) is 0. The molecule has 0 atom stereocenters. The first kappa shape index (κ1) is 17.3. The second-order valence-corrected chi connectivity index (χ2v) is 10.9. The number of nitriles is 2. The molecule has 24 heavy (non-hydrogen) atoms. The maximum Gasteiger partial charge on any atom is 0.144 e. The van der Waals surface area contributed by atoms with E-state index in [1.807, 2.05) is 36.4 Å². The van der Waals surface area contributed by atoms with E-state index in [0.29, 0.717) is 0 Å². The van der Waals surface area contributed by atoms with Gasteiger partial charge in [-0.2, -0.15) is 10.5 Å². The van der Waals surface area contributed by atoms with Crippen molar-refractivity contribution in [1.29, 1.82) is 10.5 Å². The highest BCUT2D eigenvalue weighted by atomic mass is 32.2. The van der Waals surface area contributed by atoms with E-state index in [2.05, 4.69) is 12.1 Å². The fourth-order valence-corrected chi connectivity index (χ4v) is 7.05. The summed E-state index contributed by atoms with van der Waals surface area (Å²) in [5, 5.41) is 17.5. The Labute approximate surface area is 164 Å². The van der Waals surface area contributed by atoms with E-state index in [0.717, 1.165) is 36.2 Å². The standard InChI is InChI=1S/2C8H3NS3/c2*9-4-5-2-1-3-6-7(5)12-8(10)11-6/h2*1-3H. The van der Waals surface area contributed by atoms with Gasteiger partial charge in [0, 0.05) is 9.40 Å². The average molecular weight is 419 g/mol. The summed E-state index contributed by atoms with van der Waals surface area (Å²) in [5.74, 6) is 0. The van der Waals surface area contributed by atoms with Gasteiger partial charge in [0.15, 0.2) is 0 Å². The third-order valence-electron chi connectivity index (χ3n) is 2.96. The van der Waals surface area contributed by atoms with Crippen LogP contribution in [0, 0.1) is 28.9 Å². The lowest BCUT2D eigenvalue weighted by Gasteiger charge is -1.88. The minimum absolute atomic E-state index is 0.727. The molecular weight excluding hydrogens is 413 g/mol.